The van der Waals surface area contributed by atoms with Crippen molar-refractivity contribution in [2.45, 2.75) is 54.3 Å². The molecule has 1 aliphatic heterocycles. The van der Waals surface area contributed by atoms with Crippen molar-refractivity contribution in [2.75, 3.05) is 33.0 Å². The van der Waals surface area contributed by atoms with Crippen LogP contribution >= 0.6 is 0 Å². The molecule has 0 aromatic carbocycles. The van der Waals surface area contributed by atoms with E-state index >= 15 is 0 Å². The highest BCUT2D eigenvalue weighted by molar-refractivity contribution is 5.68. The minimum Gasteiger partial charge on any atom is -0.465 e. The monoisotopic (exact) mass is 316 g/mol. The maximum atomic E-state index is 11.3. The Bertz CT molecular complexity index is 343. The number of carbonyl (C=O) groups excluding carboxylic acids is 1. The van der Waals surface area contributed by atoms with Gasteiger partial charge in [0.15, 0.2) is 6.29 Å². The quantitative estimate of drug-likeness (QED) is 0.644. The van der Waals surface area contributed by atoms with E-state index in [2.05, 4.69) is 27.7 Å². The van der Waals surface area contributed by atoms with Gasteiger partial charge in [-0.1, -0.05) is 34.6 Å². The molecule has 0 unspecified atom stereocenters. The standard InChI is InChI=1S/C17H32O5/c1-7-14(18)22-12-16(3,4)13-9-20-15(21-10-13)17(5,6)11-19-8-2/h13,15H,7-12H2,1-6H3. The lowest BCUT2D eigenvalue weighted by atomic mass is 9.79. The summed E-state index contributed by atoms with van der Waals surface area (Å²) in [4.78, 5) is 11.3. The molecular formula is C17H32O5. The van der Waals surface area contributed by atoms with Crippen molar-refractivity contribution in [2.24, 2.45) is 16.7 Å². The Morgan fingerprint density at radius 2 is 1.64 bits per heavy atom. The summed E-state index contributed by atoms with van der Waals surface area (Å²) in [6, 6.07) is 0. The Labute approximate surface area is 134 Å². The van der Waals surface area contributed by atoms with E-state index in [4.69, 9.17) is 18.9 Å². The third-order valence-corrected chi connectivity index (χ3v) is 4.21. The highest BCUT2D eigenvalue weighted by Crippen LogP contribution is 2.35. The number of hydrogen-bond acceptors (Lipinski definition) is 5. The van der Waals surface area contributed by atoms with Crippen LogP contribution in [0.25, 0.3) is 0 Å². The molecule has 0 aromatic rings. The molecule has 0 bridgehead atoms. The SMILES string of the molecule is CCOCC(C)(C)C1OCC(C(C)(C)COC(=O)CC)CO1. The lowest BCUT2D eigenvalue weighted by molar-refractivity contribution is -0.267. The molecule has 1 saturated heterocycles. The van der Waals surface area contributed by atoms with E-state index in [9.17, 15) is 4.79 Å². The van der Waals surface area contributed by atoms with Gasteiger partial charge in [-0.3, -0.25) is 4.79 Å². The molecule has 5 heteroatoms. The minimum atomic E-state index is -0.260. The number of carbonyl (C=O) groups is 1. The second-order valence-electron chi connectivity index (χ2n) is 7.32. The minimum absolute atomic E-state index is 0.165. The summed E-state index contributed by atoms with van der Waals surface area (Å²) < 4.78 is 22.7. The van der Waals surface area contributed by atoms with Gasteiger partial charge >= 0.3 is 5.97 Å². The highest BCUT2D eigenvalue weighted by atomic mass is 16.7. The Morgan fingerprint density at radius 3 is 2.14 bits per heavy atom. The third kappa shape index (κ3) is 5.52. The van der Waals surface area contributed by atoms with Crippen molar-refractivity contribution in [1.29, 1.82) is 0 Å². The Kier molecular flexibility index (Phi) is 7.29. The van der Waals surface area contributed by atoms with E-state index < -0.39 is 0 Å². The zero-order valence-corrected chi connectivity index (χ0v) is 14.9. The van der Waals surface area contributed by atoms with E-state index in [1.165, 1.54) is 0 Å². The van der Waals surface area contributed by atoms with Crippen molar-refractivity contribution in [1.82, 2.24) is 0 Å². The molecule has 0 spiro atoms. The lowest BCUT2D eigenvalue weighted by Crippen LogP contribution is -2.48. The molecule has 1 aliphatic rings. The summed E-state index contributed by atoms with van der Waals surface area (Å²) in [6.07, 6.45) is 0.144. The average Bonchev–Trinajstić information content (AvgIpc) is 2.50. The summed E-state index contributed by atoms with van der Waals surface area (Å²) in [6.45, 7) is 15.0. The van der Waals surface area contributed by atoms with E-state index in [0.717, 1.165) is 0 Å². The first kappa shape index (κ1) is 19.4. The predicted molar refractivity (Wildman–Crippen MR) is 84.5 cm³/mol. The normalized spacial score (nSPS) is 23.4. The number of ether oxygens (including phenoxy) is 4. The van der Waals surface area contributed by atoms with Crippen LogP contribution in [0.3, 0.4) is 0 Å². The third-order valence-electron chi connectivity index (χ3n) is 4.21. The molecule has 22 heavy (non-hydrogen) atoms. The van der Waals surface area contributed by atoms with Gasteiger partial charge in [0.25, 0.3) is 0 Å². The van der Waals surface area contributed by atoms with Crippen LogP contribution in [0.1, 0.15) is 48.0 Å². The molecule has 0 amide bonds. The molecule has 130 valence electrons. The van der Waals surface area contributed by atoms with Gasteiger partial charge in [-0.15, -0.1) is 0 Å². The molecule has 0 aromatic heterocycles. The van der Waals surface area contributed by atoms with E-state index in [1.54, 1.807) is 6.92 Å². The van der Waals surface area contributed by atoms with Gasteiger partial charge in [0.1, 0.15) is 0 Å². The molecule has 0 N–H and O–H groups in total. The lowest BCUT2D eigenvalue weighted by Gasteiger charge is -2.43. The Balaban J connectivity index is 2.48. The number of rotatable bonds is 8. The smallest absolute Gasteiger partial charge is 0.305 e. The predicted octanol–water partition coefficient (Wildman–Crippen LogP) is 3.02. The van der Waals surface area contributed by atoms with Gasteiger partial charge in [0.2, 0.25) is 0 Å². The summed E-state index contributed by atoms with van der Waals surface area (Å²) in [5.74, 6) is 0.0396. The molecule has 0 radical (unpaired) electrons. The van der Waals surface area contributed by atoms with Crippen molar-refractivity contribution in [3.05, 3.63) is 0 Å². The first-order valence-electron chi connectivity index (χ1n) is 8.19. The first-order chi connectivity index (χ1) is 10.2. The van der Waals surface area contributed by atoms with Crippen LogP contribution in [0.15, 0.2) is 0 Å². The van der Waals surface area contributed by atoms with Gasteiger partial charge in [0, 0.05) is 29.8 Å². The first-order valence-corrected chi connectivity index (χ1v) is 8.19. The largest absolute Gasteiger partial charge is 0.465 e. The molecule has 0 saturated carbocycles. The van der Waals surface area contributed by atoms with Crippen LogP contribution in [-0.2, 0) is 23.7 Å². The molecule has 1 heterocycles. The number of esters is 1. The fourth-order valence-electron chi connectivity index (χ4n) is 2.33. The van der Waals surface area contributed by atoms with Crippen LogP contribution in [0.5, 0.6) is 0 Å². The second-order valence-corrected chi connectivity index (χ2v) is 7.32. The van der Waals surface area contributed by atoms with Crippen LogP contribution < -0.4 is 0 Å². The molecular weight excluding hydrogens is 284 g/mol. The topological polar surface area (TPSA) is 54.0 Å². The van der Waals surface area contributed by atoms with Gasteiger partial charge in [0.05, 0.1) is 26.4 Å². The Morgan fingerprint density at radius 1 is 1.05 bits per heavy atom. The van der Waals surface area contributed by atoms with Gasteiger partial charge in [-0.05, 0) is 6.92 Å². The molecule has 0 aliphatic carbocycles. The van der Waals surface area contributed by atoms with E-state index in [-0.39, 0.29) is 29.0 Å². The number of hydrogen-bond donors (Lipinski definition) is 0. The van der Waals surface area contributed by atoms with Crippen LogP contribution in [0, 0.1) is 16.7 Å². The van der Waals surface area contributed by atoms with Crippen LogP contribution in [0.4, 0.5) is 0 Å². The molecule has 1 fully saturated rings. The van der Waals surface area contributed by atoms with Crippen LogP contribution in [0.2, 0.25) is 0 Å². The molecule has 1 rings (SSSR count). The van der Waals surface area contributed by atoms with Gasteiger partial charge < -0.3 is 18.9 Å². The van der Waals surface area contributed by atoms with Crippen molar-refractivity contribution >= 4 is 5.97 Å². The van der Waals surface area contributed by atoms with Crippen molar-refractivity contribution in [3.8, 4) is 0 Å². The molecule has 5 nitrogen and oxygen atoms in total. The highest BCUT2D eigenvalue weighted by Gasteiger charge is 2.40. The fourth-order valence-corrected chi connectivity index (χ4v) is 2.33. The van der Waals surface area contributed by atoms with Gasteiger partial charge in [-0.2, -0.15) is 0 Å². The van der Waals surface area contributed by atoms with E-state index in [1.807, 2.05) is 6.92 Å². The molecule has 0 atom stereocenters. The van der Waals surface area contributed by atoms with Crippen LogP contribution in [-0.4, -0.2) is 45.3 Å². The Hall–Kier alpha value is -0.650. The summed E-state index contributed by atoms with van der Waals surface area (Å²) in [5, 5.41) is 0. The van der Waals surface area contributed by atoms with Crippen molar-refractivity contribution in [3.63, 3.8) is 0 Å². The summed E-state index contributed by atoms with van der Waals surface area (Å²) >= 11 is 0. The zero-order chi connectivity index (χ0) is 16.8. The second kappa shape index (κ2) is 8.27. The maximum absolute atomic E-state index is 11.3. The van der Waals surface area contributed by atoms with Gasteiger partial charge in [-0.25, -0.2) is 0 Å². The average molecular weight is 316 g/mol. The summed E-state index contributed by atoms with van der Waals surface area (Å²) in [7, 11) is 0. The van der Waals surface area contributed by atoms with E-state index in [0.29, 0.717) is 39.5 Å². The maximum Gasteiger partial charge on any atom is 0.305 e. The fraction of sp³-hybridized carbons (Fsp3) is 0.941. The summed E-state index contributed by atoms with van der Waals surface area (Å²) in [5.41, 5.74) is -0.348. The zero-order valence-electron chi connectivity index (χ0n) is 14.9. The van der Waals surface area contributed by atoms with Crippen molar-refractivity contribution < 1.29 is 23.7 Å².